The first-order chi connectivity index (χ1) is 16.3. The number of amides is 1. The predicted octanol–water partition coefficient (Wildman–Crippen LogP) is 4.30. The molecule has 0 saturated heterocycles. The van der Waals surface area contributed by atoms with Gasteiger partial charge in [-0.05, 0) is 46.9 Å². The molecule has 1 aliphatic rings. The van der Waals surface area contributed by atoms with Gasteiger partial charge in [0.2, 0.25) is 5.91 Å². The monoisotopic (exact) mass is 459 g/mol. The predicted molar refractivity (Wildman–Crippen MR) is 130 cm³/mol. The van der Waals surface area contributed by atoms with Crippen molar-refractivity contribution in [3.63, 3.8) is 0 Å². The normalized spacial score (nSPS) is 16.7. The highest BCUT2D eigenvalue weighted by Gasteiger charge is 2.37. The lowest BCUT2D eigenvalue weighted by molar-refractivity contribution is -0.136. The number of carboxylic acid groups (broad SMARTS) is 1. The highest BCUT2D eigenvalue weighted by molar-refractivity contribution is 5.78. The molecule has 3 aromatic rings. The lowest BCUT2D eigenvalue weighted by Crippen LogP contribution is -2.37. The molecule has 0 aromatic heterocycles. The summed E-state index contributed by atoms with van der Waals surface area (Å²) in [6, 6.07) is 18.8. The molecule has 0 bridgehead atoms. The van der Waals surface area contributed by atoms with Gasteiger partial charge in [0, 0.05) is 25.5 Å². The van der Waals surface area contributed by atoms with Crippen molar-refractivity contribution in [2.24, 2.45) is 0 Å². The zero-order chi connectivity index (χ0) is 24.4. The Balaban J connectivity index is 1.79. The van der Waals surface area contributed by atoms with Gasteiger partial charge in [0.1, 0.15) is 5.75 Å². The van der Waals surface area contributed by atoms with Gasteiger partial charge in [-0.15, -0.1) is 0 Å². The minimum atomic E-state index is -0.906. The molecule has 1 amide bonds. The largest absolute Gasteiger partial charge is 0.496 e. The molecule has 2 atom stereocenters. The SMILES string of the molecule is COc1ccc(CC(=O)O)cc1-c1ccc(C)cc1CN(C(C)=O)[C@@H]1c2ccccc2C[C@@H]1O. The summed E-state index contributed by atoms with van der Waals surface area (Å²) in [5, 5.41) is 20.1. The van der Waals surface area contributed by atoms with Gasteiger partial charge in [-0.2, -0.15) is 0 Å². The van der Waals surface area contributed by atoms with Gasteiger partial charge < -0.3 is 19.8 Å². The second-order valence-electron chi connectivity index (χ2n) is 8.83. The van der Waals surface area contributed by atoms with E-state index in [1.807, 2.05) is 55.5 Å². The van der Waals surface area contributed by atoms with Crippen LogP contribution in [-0.4, -0.2) is 40.2 Å². The molecule has 0 saturated carbocycles. The van der Waals surface area contributed by atoms with E-state index >= 15 is 0 Å². The quantitative estimate of drug-likeness (QED) is 0.550. The second kappa shape index (κ2) is 9.69. The topological polar surface area (TPSA) is 87.1 Å². The van der Waals surface area contributed by atoms with Crippen molar-refractivity contribution in [1.82, 2.24) is 4.90 Å². The summed E-state index contributed by atoms with van der Waals surface area (Å²) in [6.45, 7) is 3.81. The summed E-state index contributed by atoms with van der Waals surface area (Å²) in [5.41, 5.74) is 6.26. The average Bonchev–Trinajstić information content (AvgIpc) is 3.12. The molecule has 2 N–H and O–H groups in total. The number of aryl methyl sites for hydroxylation is 1. The number of aliphatic hydroxyl groups excluding tert-OH is 1. The van der Waals surface area contributed by atoms with Crippen molar-refractivity contribution in [2.45, 2.75) is 45.4 Å². The minimum absolute atomic E-state index is 0.0944. The van der Waals surface area contributed by atoms with Crippen LogP contribution in [0.4, 0.5) is 0 Å². The Hall–Kier alpha value is -3.64. The lowest BCUT2D eigenvalue weighted by Gasteiger charge is -2.32. The Labute approximate surface area is 199 Å². The number of rotatable bonds is 7. The second-order valence-corrected chi connectivity index (χ2v) is 8.83. The van der Waals surface area contributed by atoms with Crippen LogP contribution in [0.3, 0.4) is 0 Å². The smallest absolute Gasteiger partial charge is 0.307 e. The number of methoxy groups -OCH3 is 1. The molecule has 176 valence electrons. The van der Waals surface area contributed by atoms with Crippen molar-refractivity contribution in [3.05, 3.63) is 88.5 Å². The Morgan fingerprint density at radius 1 is 1.06 bits per heavy atom. The molecule has 3 aromatic carbocycles. The number of ether oxygens (including phenoxy) is 1. The van der Waals surface area contributed by atoms with E-state index in [0.717, 1.165) is 33.4 Å². The number of carboxylic acids is 1. The van der Waals surface area contributed by atoms with Crippen LogP contribution < -0.4 is 4.74 Å². The van der Waals surface area contributed by atoms with Crippen molar-refractivity contribution in [2.75, 3.05) is 7.11 Å². The Morgan fingerprint density at radius 2 is 1.82 bits per heavy atom. The summed E-state index contributed by atoms with van der Waals surface area (Å²) in [6.07, 6.45) is -0.262. The van der Waals surface area contributed by atoms with Crippen molar-refractivity contribution in [1.29, 1.82) is 0 Å². The van der Waals surface area contributed by atoms with E-state index in [1.165, 1.54) is 6.92 Å². The van der Waals surface area contributed by atoms with E-state index in [-0.39, 0.29) is 12.3 Å². The molecule has 0 unspecified atom stereocenters. The Morgan fingerprint density at radius 3 is 2.53 bits per heavy atom. The number of aliphatic hydroxyl groups is 1. The number of nitrogens with zero attached hydrogens (tertiary/aromatic N) is 1. The van der Waals surface area contributed by atoms with E-state index in [2.05, 4.69) is 0 Å². The third-order valence-corrected chi connectivity index (χ3v) is 6.42. The zero-order valence-corrected chi connectivity index (χ0v) is 19.6. The Kier molecular flexibility index (Phi) is 6.70. The van der Waals surface area contributed by atoms with E-state index in [1.54, 1.807) is 24.1 Å². The van der Waals surface area contributed by atoms with Crippen molar-refractivity contribution < 1.29 is 24.5 Å². The average molecular weight is 460 g/mol. The van der Waals surface area contributed by atoms with Gasteiger partial charge in [0.15, 0.2) is 0 Å². The third kappa shape index (κ3) is 4.68. The zero-order valence-electron chi connectivity index (χ0n) is 19.6. The van der Waals surface area contributed by atoms with Crippen LogP contribution in [0.25, 0.3) is 11.1 Å². The molecule has 34 heavy (non-hydrogen) atoms. The number of hydrogen-bond donors (Lipinski definition) is 2. The molecule has 0 heterocycles. The molecule has 1 aliphatic carbocycles. The minimum Gasteiger partial charge on any atom is -0.496 e. The van der Waals surface area contributed by atoms with Gasteiger partial charge in [0.05, 0.1) is 25.7 Å². The molecule has 6 heteroatoms. The van der Waals surface area contributed by atoms with Gasteiger partial charge >= 0.3 is 5.97 Å². The van der Waals surface area contributed by atoms with Crippen LogP contribution >= 0.6 is 0 Å². The Bertz CT molecular complexity index is 1240. The number of carbonyl (C=O) groups is 2. The first-order valence-electron chi connectivity index (χ1n) is 11.3. The summed E-state index contributed by atoms with van der Waals surface area (Å²) >= 11 is 0. The number of carbonyl (C=O) groups excluding carboxylic acids is 1. The first kappa shape index (κ1) is 23.5. The number of aliphatic carboxylic acids is 1. The molecule has 6 nitrogen and oxygen atoms in total. The maximum Gasteiger partial charge on any atom is 0.307 e. The first-order valence-corrected chi connectivity index (χ1v) is 11.3. The van der Waals surface area contributed by atoms with Crippen LogP contribution in [0, 0.1) is 6.92 Å². The molecule has 4 rings (SSSR count). The highest BCUT2D eigenvalue weighted by atomic mass is 16.5. The fraction of sp³-hybridized carbons (Fsp3) is 0.286. The van der Waals surface area contributed by atoms with Crippen molar-refractivity contribution in [3.8, 4) is 16.9 Å². The van der Waals surface area contributed by atoms with Crippen LogP contribution in [0.5, 0.6) is 5.75 Å². The molecule has 0 fully saturated rings. The summed E-state index contributed by atoms with van der Waals surface area (Å²) in [5.74, 6) is -0.406. The highest BCUT2D eigenvalue weighted by Crippen LogP contribution is 2.39. The van der Waals surface area contributed by atoms with Gasteiger partial charge in [-0.25, -0.2) is 0 Å². The molecule has 0 spiro atoms. The van der Waals surface area contributed by atoms with E-state index in [0.29, 0.717) is 24.3 Å². The van der Waals surface area contributed by atoms with Crippen LogP contribution in [0.1, 0.15) is 40.8 Å². The maximum absolute atomic E-state index is 12.8. The third-order valence-electron chi connectivity index (χ3n) is 6.42. The molecular weight excluding hydrogens is 430 g/mol. The summed E-state index contributed by atoms with van der Waals surface area (Å²) in [7, 11) is 1.58. The lowest BCUT2D eigenvalue weighted by atomic mass is 9.94. The number of fused-ring (bicyclic) bond motifs is 1. The van der Waals surface area contributed by atoms with Gasteiger partial charge in [-0.3, -0.25) is 9.59 Å². The van der Waals surface area contributed by atoms with Crippen LogP contribution in [0.2, 0.25) is 0 Å². The summed E-state index contributed by atoms with van der Waals surface area (Å²) < 4.78 is 5.59. The van der Waals surface area contributed by atoms with Crippen molar-refractivity contribution >= 4 is 11.9 Å². The standard InChI is InChI=1S/C28H29NO5/c1-17-8-10-22(24-13-19(14-27(32)33)9-11-26(24)34-3)21(12-17)16-29(18(2)30)28-23-7-5-4-6-20(23)15-25(28)31/h4-13,25,28,31H,14-16H2,1-3H3,(H,32,33)/t25-,28+/m0/s1. The van der Waals surface area contributed by atoms with Crippen LogP contribution in [0.15, 0.2) is 60.7 Å². The number of hydrogen-bond acceptors (Lipinski definition) is 4. The van der Waals surface area contributed by atoms with E-state index in [9.17, 15) is 19.8 Å². The molecular formula is C28H29NO5. The molecule has 0 radical (unpaired) electrons. The van der Waals surface area contributed by atoms with E-state index in [4.69, 9.17) is 4.74 Å². The maximum atomic E-state index is 12.8. The summed E-state index contributed by atoms with van der Waals surface area (Å²) in [4.78, 5) is 25.9. The van der Waals surface area contributed by atoms with Crippen LogP contribution in [-0.2, 0) is 29.0 Å². The fourth-order valence-electron chi connectivity index (χ4n) is 4.88. The van der Waals surface area contributed by atoms with Gasteiger partial charge in [0.25, 0.3) is 0 Å². The number of benzene rings is 3. The van der Waals surface area contributed by atoms with Gasteiger partial charge in [-0.1, -0.05) is 54.1 Å². The molecule has 0 aliphatic heterocycles. The van der Waals surface area contributed by atoms with E-state index < -0.39 is 18.1 Å². The fourth-order valence-corrected chi connectivity index (χ4v) is 4.88.